The number of carbonyl (C=O) groups excluding carboxylic acids is 1. The molecule has 4 rings (SSSR count). The summed E-state index contributed by atoms with van der Waals surface area (Å²) in [6.07, 6.45) is -5.35. The van der Waals surface area contributed by atoms with Crippen molar-refractivity contribution >= 4 is 62.5 Å². The molecule has 0 radical (unpaired) electrons. The van der Waals surface area contributed by atoms with E-state index in [1.807, 2.05) is 6.92 Å². The van der Waals surface area contributed by atoms with E-state index in [1.165, 1.54) is 12.1 Å². The van der Waals surface area contributed by atoms with E-state index in [4.69, 9.17) is 28.0 Å². The Morgan fingerprint density at radius 1 is 1.21 bits per heavy atom. The first-order valence-electron chi connectivity index (χ1n) is 9.83. The van der Waals surface area contributed by atoms with Crippen molar-refractivity contribution in [1.29, 1.82) is 0 Å². The molecule has 2 aliphatic rings. The number of carbonyl (C=O) groups is 1. The molecule has 0 bridgehead atoms. The fourth-order valence-electron chi connectivity index (χ4n) is 3.77. The molecule has 1 unspecified atom stereocenters. The predicted octanol–water partition coefficient (Wildman–Crippen LogP) is 6.88. The van der Waals surface area contributed by atoms with Gasteiger partial charge in [0.1, 0.15) is 0 Å². The van der Waals surface area contributed by atoms with Crippen molar-refractivity contribution in [1.82, 2.24) is 5.32 Å². The van der Waals surface area contributed by atoms with Crippen LogP contribution in [0.25, 0.3) is 0 Å². The fourth-order valence-corrected chi connectivity index (χ4v) is 5.44. The van der Waals surface area contributed by atoms with E-state index < -0.39 is 18.2 Å². The summed E-state index contributed by atoms with van der Waals surface area (Å²) in [5, 5.41) is 6.85. The zero-order chi connectivity index (χ0) is 24.2. The molecule has 1 saturated heterocycles. The molecule has 0 spiro atoms. The number of nitrogens with one attached hydrogen (secondary N) is 1. The molecule has 1 fully saturated rings. The lowest BCUT2D eigenvalue weighted by Gasteiger charge is -2.38. The van der Waals surface area contributed by atoms with Crippen LogP contribution in [-0.4, -0.2) is 34.8 Å². The number of hydrogen-bond donors (Lipinski definition) is 1. The van der Waals surface area contributed by atoms with E-state index in [0.29, 0.717) is 21.2 Å². The number of aryl methyl sites for hydroxylation is 1. The zero-order valence-electron chi connectivity index (χ0n) is 17.4. The number of oxime groups is 1. The third-order valence-corrected chi connectivity index (χ3v) is 9.29. The van der Waals surface area contributed by atoms with Crippen LogP contribution >= 0.6 is 50.9 Å². The van der Waals surface area contributed by atoms with Gasteiger partial charge in [0.15, 0.2) is 0 Å². The Hall–Kier alpha value is -1.42. The van der Waals surface area contributed by atoms with Gasteiger partial charge in [-0.05, 0) is 65.2 Å². The molecule has 1 amide bonds. The van der Waals surface area contributed by atoms with Crippen LogP contribution in [0.5, 0.6) is 0 Å². The Balaban J connectivity index is 1.62. The Morgan fingerprint density at radius 3 is 2.36 bits per heavy atom. The first-order chi connectivity index (χ1) is 15.4. The molecule has 2 aromatic carbocycles. The smallest absolute Gasteiger partial charge is 0.374 e. The lowest BCUT2D eigenvalue weighted by atomic mass is 9.86. The van der Waals surface area contributed by atoms with Crippen LogP contribution < -0.4 is 5.32 Å². The lowest BCUT2D eigenvalue weighted by Crippen LogP contribution is -2.55. The number of thioether (sulfide) groups is 1. The third-order valence-electron chi connectivity index (χ3n) is 5.70. The summed E-state index contributed by atoms with van der Waals surface area (Å²) in [5.74, 6) is 1.47. The van der Waals surface area contributed by atoms with Crippen LogP contribution in [0.15, 0.2) is 40.0 Å². The molecule has 2 aromatic rings. The van der Waals surface area contributed by atoms with E-state index >= 15 is 0 Å². The van der Waals surface area contributed by atoms with Crippen molar-refractivity contribution in [3.8, 4) is 0 Å². The van der Waals surface area contributed by atoms with E-state index in [-0.39, 0.29) is 32.8 Å². The van der Waals surface area contributed by atoms with Gasteiger partial charge in [0, 0.05) is 29.1 Å². The molecule has 0 aromatic heterocycles. The van der Waals surface area contributed by atoms with Crippen molar-refractivity contribution in [3.63, 3.8) is 0 Å². The number of amides is 1. The maximum atomic E-state index is 14.2. The Kier molecular flexibility index (Phi) is 6.48. The fraction of sp³-hybridized carbons (Fsp3) is 0.364. The van der Waals surface area contributed by atoms with Gasteiger partial charge in [-0.3, -0.25) is 4.79 Å². The van der Waals surface area contributed by atoms with E-state index in [9.17, 15) is 18.0 Å². The molecule has 4 nitrogen and oxygen atoms in total. The normalized spacial score (nSPS) is 21.8. The van der Waals surface area contributed by atoms with Crippen molar-refractivity contribution in [3.05, 3.63) is 67.1 Å². The van der Waals surface area contributed by atoms with Crippen molar-refractivity contribution in [2.75, 3.05) is 11.5 Å². The molecule has 33 heavy (non-hydrogen) atoms. The molecule has 0 saturated carbocycles. The SMILES string of the molecule is Cc1cc(C2=NOC(c3cc(Cl)c(Br)c(Cl)c3)(C(F)(F)F)C2)ccc1C(=O)NC1(C)CSC1. The minimum absolute atomic E-state index is 0.0305. The minimum atomic E-state index is -4.79. The Bertz CT molecular complexity index is 1150. The molecular weight excluding hydrogens is 564 g/mol. The molecule has 2 heterocycles. The molecule has 176 valence electrons. The highest BCUT2D eigenvalue weighted by atomic mass is 79.9. The van der Waals surface area contributed by atoms with Gasteiger partial charge in [0.25, 0.3) is 11.5 Å². The van der Waals surface area contributed by atoms with Crippen LogP contribution in [0, 0.1) is 6.92 Å². The molecule has 1 N–H and O–H groups in total. The molecule has 0 aliphatic carbocycles. The highest BCUT2D eigenvalue weighted by molar-refractivity contribution is 9.10. The highest BCUT2D eigenvalue weighted by Crippen LogP contribution is 2.50. The lowest BCUT2D eigenvalue weighted by molar-refractivity contribution is -0.275. The second-order valence-electron chi connectivity index (χ2n) is 8.42. The maximum Gasteiger partial charge on any atom is 0.435 e. The zero-order valence-corrected chi connectivity index (χ0v) is 21.4. The van der Waals surface area contributed by atoms with Crippen LogP contribution in [-0.2, 0) is 10.4 Å². The van der Waals surface area contributed by atoms with Crippen LogP contribution in [0.3, 0.4) is 0 Å². The maximum absolute atomic E-state index is 14.2. The quantitative estimate of drug-likeness (QED) is 0.400. The number of alkyl halides is 3. The first-order valence-corrected chi connectivity index (χ1v) is 12.5. The topological polar surface area (TPSA) is 50.7 Å². The summed E-state index contributed by atoms with van der Waals surface area (Å²) < 4.78 is 43.0. The van der Waals surface area contributed by atoms with Gasteiger partial charge in [-0.15, -0.1) is 0 Å². The monoisotopic (exact) mass is 580 g/mol. The number of nitrogens with zero attached hydrogens (tertiary/aromatic N) is 1. The van der Waals surface area contributed by atoms with Crippen LogP contribution in [0.2, 0.25) is 10.0 Å². The summed E-state index contributed by atoms with van der Waals surface area (Å²) in [6, 6.07) is 7.15. The minimum Gasteiger partial charge on any atom is -0.374 e. The molecule has 1 atom stereocenters. The van der Waals surface area contributed by atoms with E-state index in [0.717, 1.165) is 11.5 Å². The Morgan fingerprint density at radius 2 is 1.85 bits per heavy atom. The van der Waals surface area contributed by atoms with E-state index in [2.05, 4.69) is 26.4 Å². The highest BCUT2D eigenvalue weighted by Gasteiger charge is 2.62. The van der Waals surface area contributed by atoms with E-state index in [1.54, 1.807) is 36.9 Å². The summed E-state index contributed by atoms with van der Waals surface area (Å²) in [4.78, 5) is 17.7. The number of halogens is 6. The van der Waals surface area contributed by atoms with Crippen molar-refractivity contribution in [2.45, 2.75) is 37.6 Å². The number of rotatable bonds is 4. The van der Waals surface area contributed by atoms with Crippen molar-refractivity contribution in [2.24, 2.45) is 5.16 Å². The summed E-state index contributed by atoms with van der Waals surface area (Å²) >= 11 is 17.0. The summed E-state index contributed by atoms with van der Waals surface area (Å²) in [5.41, 5.74) is -1.57. The molecule has 11 heteroatoms. The molecule has 2 aliphatic heterocycles. The average Bonchev–Trinajstić information content (AvgIpc) is 3.17. The van der Waals surface area contributed by atoms with Gasteiger partial charge < -0.3 is 10.2 Å². The summed E-state index contributed by atoms with van der Waals surface area (Å²) in [7, 11) is 0. The van der Waals surface area contributed by atoms with Gasteiger partial charge in [-0.1, -0.05) is 34.4 Å². The van der Waals surface area contributed by atoms with Gasteiger partial charge in [-0.25, -0.2) is 0 Å². The first kappa shape index (κ1) is 24.7. The standard InChI is InChI=1S/C22H18BrCl2F3N2O2S/c1-11-5-12(3-4-14(11)19(31)29-20(2)9-33-10-20)17-8-21(32-30-17,22(26,27)28)13-6-15(24)18(23)16(25)7-13/h3-7H,8-10H2,1-2H3,(H,29,31). The second kappa shape index (κ2) is 8.66. The average molecular weight is 582 g/mol. The Labute approximate surface area is 211 Å². The largest absolute Gasteiger partial charge is 0.435 e. The third kappa shape index (κ3) is 4.49. The van der Waals surface area contributed by atoms with Gasteiger partial charge in [0.2, 0.25) is 0 Å². The van der Waals surface area contributed by atoms with Crippen LogP contribution in [0.1, 0.15) is 40.4 Å². The summed E-state index contributed by atoms with van der Waals surface area (Å²) in [6.45, 7) is 3.71. The van der Waals surface area contributed by atoms with Gasteiger partial charge in [-0.2, -0.15) is 24.9 Å². The second-order valence-corrected chi connectivity index (χ2v) is 11.0. The number of hydrogen-bond acceptors (Lipinski definition) is 4. The predicted molar refractivity (Wildman–Crippen MR) is 129 cm³/mol. The molecular formula is C22H18BrCl2F3N2O2S. The number of benzene rings is 2. The van der Waals surface area contributed by atoms with Crippen LogP contribution in [0.4, 0.5) is 13.2 Å². The van der Waals surface area contributed by atoms with Gasteiger partial charge >= 0.3 is 6.18 Å². The van der Waals surface area contributed by atoms with Crippen molar-refractivity contribution < 1.29 is 22.8 Å². The van der Waals surface area contributed by atoms with Gasteiger partial charge in [0.05, 0.1) is 25.8 Å².